The molecule has 0 spiro atoms. The molecule has 0 saturated heterocycles. The minimum Gasteiger partial charge on any atom is -0.293 e. The molecule has 0 amide bonds. The van der Waals surface area contributed by atoms with E-state index in [0.29, 0.717) is 11.4 Å². The normalized spacial score (nSPS) is 10.4. The lowest BCUT2D eigenvalue weighted by Gasteiger charge is -2.01. The molecule has 0 unspecified atom stereocenters. The zero-order valence-corrected chi connectivity index (χ0v) is 11.4. The van der Waals surface area contributed by atoms with Crippen LogP contribution in [0.15, 0.2) is 40.2 Å². The van der Waals surface area contributed by atoms with Crippen LogP contribution < -0.4 is 0 Å². The molecule has 4 heteroatoms. The largest absolute Gasteiger partial charge is 0.293 e. The summed E-state index contributed by atoms with van der Waals surface area (Å²) in [4.78, 5) is 12.7. The molecule has 0 fully saturated rings. The number of rotatable bonds is 3. The van der Waals surface area contributed by atoms with E-state index in [1.807, 2.05) is 30.3 Å². The van der Waals surface area contributed by atoms with E-state index in [-0.39, 0.29) is 5.78 Å². The lowest BCUT2D eigenvalue weighted by atomic mass is 10.1. The van der Waals surface area contributed by atoms with Crippen molar-refractivity contribution in [3.8, 4) is 0 Å². The highest BCUT2D eigenvalue weighted by atomic mass is 79.9. The fourth-order valence-corrected chi connectivity index (χ4v) is 2.89. The molecule has 2 aromatic rings. The fraction of sp³-hybridized carbons (Fsp3) is 0.0833. The Kier molecular flexibility index (Phi) is 3.79. The minimum absolute atomic E-state index is 0.101. The van der Waals surface area contributed by atoms with Gasteiger partial charge in [0.2, 0.25) is 0 Å². The second-order valence-electron chi connectivity index (χ2n) is 3.30. The van der Waals surface area contributed by atoms with Crippen molar-refractivity contribution in [3.05, 3.63) is 55.6 Å². The van der Waals surface area contributed by atoms with Crippen LogP contribution in [-0.4, -0.2) is 5.78 Å². The Morgan fingerprint density at radius 2 is 2.00 bits per heavy atom. The average molecular weight is 316 g/mol. The fourth-order valence-electron chi connectivity index (χ4n) is 1.37. The van der Waals surface area contributed by atoms with Gasteiger partial charge in [-0.1, -0.05) is 29.8 Å². The maximum absolute atomic E-state index is 11.9. The smallest absolute Gasteiger partial charge is 0.177 e. The van der Waals surface area contributed by atoms with E-state index in [0.717, 1.165) is 14.2 Å². The number of benzene rings is 1. The van der Waals surface area contributed by atoms with Crippen molar-refractivity contribution in [3.63, 3.8) is 0 Å². The van der Waals surface area contributed by atoms with Gasteiger partial charge in [0.05, 0.1) is 8.66 Å². The third kappa shape index (κ3) is 2.73. The van der Waals surface area contributed by atoms with Crippen LogP contribution in [0.3, 0.4) is 0 Å². The Balaban J connectivity index is 2.17. The van der Waals surface area contributed by atoms with Gasteiger partial charge in [0.15, 0.2) is 5.78 Å². The first-order chi connectivity index (χ1) is 7.66. The first kappa shape index (κ1) is 11.8. The number of hydrogen-bond acceptors (Lipinski definition) is 2. The van der Waals surface area contributed by atoms with E-state index in [4.69, 9.17) is 11.6 Å². The van der Waals surface area contributed by atoms with Crippen LogP contribution in [0.4, 0.5) is 0 Å². The van der Waals surface area contributed by atoms with E-state index in [1.54, 1.807) is 6.07 Å². The first-order valence-electron chi connectivity index (χ1n) is 4.69. The Bertz CT molecular complexity index is 521. The number of halogens is 2. The summed E-state index contributed by atoms with van der Waals surface area (Å²) in [5.41, 5.74) is 0.874. The summed E-state index contributed by atoms with van der Waals surface area (Å²) in [6, 6.07) is 11.1. The van der Waals surface area contributed by atoms with E-state index in [1.165, 1.54) is 11.3 Å². The van der Waals surface area contributed by atoms with E-state index < -0.39 is 0 Å². The van der Waals surface area contributed by atoms with Crippen molar-refractivity contribution in [2.75, 3.05) is 0 Å². The van der Waals surface area contributed by atoms with E-state index >= 15 is 0 Å². The summed E-state index contributed by atoms with van der Waals surface area (Å²) in [5, 5.41) is 0.645. The molecular weight excluding hydrogens is 308 g/mol. The molecule has 82 valence electrons. The van der Waals surface area contributed by atoms with Gasteiger partial charge in [-0.2, -0.15) is 0 Å². The summed E-state index contributed by atoms with van der Waals surface area (Å²) < 4.78 is 0.968. The number of carbonyl (C=O) groups is 1. The molecule has 0 radical (unpaired) electrons. The molecular formula is C12H8BrClOS. The van der Waals surface area contributed by atoms with Crippen molar-refractivity contribution in [1.82, 2.24) is 0 Å². The Morgan fingerprint density at radius 3 is 2.62 bits per heavy atom. The Hall–Kier alpha value is -0.640. The minimum atomic E-state index is 0.101. The summed E-state index contributed by atoms with van der Waals surface area (Å²) in [5.74, 6) is 0.101. The van der Waals surface area contributed by atoms with Gasteiger partial charge in [0, 0.05) is 11.4 Å². The summed E-state index contributed by atoms with van der Waals surface area (Å²) in [6.07, 6.45) is 0.354. The monoisotopic (exact) mass is 314 g/mol. The van der Waals surface area contributed by atoms with Crippen LogP contribution in [0.2, 0.25) is 5.02 Å². The van der Waals surface area contributed by atoms with Gasteiger partial charge >= 0.3 is 0 Å². The summed E-state index contributed by atoms with van der Waals surface area (Å²) in [6.45, 7) is 0. The van der Waals surface area contributed by atoms with Crippen molar-refractivity contribution >= 4 is 44.7 Å². The molecule has 0 atom stereocenters. The first-order valence-corrected chi connectivity index (χ1v) is 6.67. The quantitative estimate of drug-likeness (QED) is 0.757. The SMILES string of the molecule is O=C(Cc1ccccc1Cl)c1ccc(Br)s1. The van der Waals surface area contributed by atoms with Crippen molar-refractivity contribution in [1.29, 1.82) is 0 Å². The van der Waals surface area contributed by atoms with Crippen LogP contribution in [-0.2, 0) is 6.42 Å². The topological polar surface area (TPSA) is 17.1 Å². The van der Waals surface area contributed by atoms with Crippen LogP contribution in [0.1, 0.15) is 15.2 Å². The van der Waals surface area contributed by atoms with Crippen LogP contribution in [0.25, 0.3) is 0 Å². The van der Waals surface area contributed by atoms with Gasteiger partial charge < -0.3 is 0 Å². The van der Waals surface area contributed by atoms with Gasteiger partial charge in [0.1, 0.15) is 0 Å². The molecule has 0 aliphatic heterocycles. The molecule has 0 aliphatic carbocycles. The number of hydrogen-bond donors (Lipinski definition) is 0. The predicted octanol–water partition coefficient (Wildman–Crippen LogP) is 4.59. The molecule has 0 N–H and O–H groups in total. The van der Waals surface area contributed by atoms with Crippen molar-refractivity contribution in [2.45, 2.75) is 6.42 Å². The molecule has 1 aromatic carbocycles. The van der Waals surface area contributed by atoms with Crippen LogP contribution in [0, 0.1) is 0 Å². The van der Waals surface area contributed by atoms with Crippen LogP contribution in [0.5, 0.6) is 0 Å². The molecule has 0 saturated carbocycles. The van der Waals surface area contributed by atoms with Crippen LogP contribution >= 0.6 is 38.9 Å². The van der Waals surface area contributed by atoms with Crippen molar-refractivity contribution in [2.24, 2.45) is 0 Å². The second kappa shape index (κ2) is 5.13. The molecule has 0 aliphatic rings. The molecule has 16 heavy (non-hydrogen) atoms. The number of ketones is 1. The Labute approximate surface area is 111 Å². The second-order valence-corrected chi connectivity index (χ2v) is 6.17. The van der Waals surface area contributed by atoms with E-state index in [9.17, 15) is 4.79 Å². The van der Waals surface area contributed by atoms with Gasteiger partial charge in [-0.15, -0.1) is 11.3 Å². The molecule has 1 heterocycles. The number of Topliss-reactive ketones (excluding diaryl/α,β-unsaturated/α-hetero) is 1. The summed E-state index contributed by atoms with van der Waals surface area (Å²) >= 11 is 10.8. The average Bonchev–Trinajstić information content (AvgIpc) is 2.68. The van der Waals surface area contributed by atoms with Gasteiger partial charge in [-0.25, -0.2) is 0 Å². The number of carbonyl (C=O) groups excluding carboxylic acids is 1. The predicted molar refractivity (Wildman–Crippen MR) is 71.5 cm³/mol. The summed E-state index contributed by atoms with van der Waals surface area (Å²) in [7, 11) is 0. The highest BCUT2D eigenvalue weighted by Gasteiger charge is 2.11. The standard InChI is InChI=1S/C12H8BrClOS/c13-12-6-5-11(16-12)10(15)7-8-3-1-2-4-9(8)14/h1-6H,7H2. The maximum Gasteiger partial charge on any atom is 0.177 e. The van der Waals surface area contributed by atoms with Gasteiger partial charge in [-0.3, -0.25) is 4.79 Å². The highest BCUT2D eigenvalue weighted by molar-refractivity contribution is 9.11. The van der Waals surface area contributed by atoms with Gasteiger partial charge in [-0.05, 0) is 39.7 Å². The zero-order valence-electron chi connectivity index (χ0n) is 8.24. The molecule has 1 aromatic heterocycles. The highest BCUT2D eigenvalue weighted by Crippen LogP contribution is 2.24. The lowest BCUT2D eigenvalue weighted by molar-refractivity contribution is 0.0997. The molecule has 0 bridgehead atoms. The Morgan fingerprint density at radius 1 is 1.25 bits per heavy atom. The number of thiophene rings is 1. The van der Waals surface area contributed by atoms with Crippen molar-refractivity contribution < 1.29 is 4.79 Å². The maximum atomic E-state index is 11.9. The lowest BCUT2D eigenvalue weighted by Crippen LogP contribution is -2.01. The third-order valence-electron chi connectivity index (χ3n) is 2.16. The van der Waals surface area contributed by atoms with E-state index in [2.05, 4.69) is 15.9 Å². The zero-order chi connectivity index (χ0) is 11.5. The molecule has 1 nitrogen and oxygen atoms in total. The third-order valence-corrected chi connectivity index (χ3v) is 4.19. The van der Waals surface area contributed by atoms with Gasteiger partial charge in [0.25, 0.3) is 0 Å². The molecule has 2 rings (SSSR count).